The molecule has 0 fully saturated rings. The van der Waals surface area contributed by atoms with Gasteiger partial charge in [0.25, 0.3) is 5.91 Å². The summed E-state index contributed by atoms with van der Waals surface area (Å²) < 4.78 is 41.7. The van der Waals surface area contributed by atoms with Gasteiger partial charge in [-0.25, -0.2) is 18.7 Å². The molecule has 2 aromatic carbocycles. The Hall–Kier alpha value is -4.32. The van der Waals surface area contributed by atoms with Gasteiger partial charge in [-0.3, -0.25) is 9.59 Å². The van der Waals surface area contributed by atoms with E-state index in [1.54, 1.807) is 20.4 Å². The standard InChI is InChI=1S/C29H32F2N6O4/c1-37-16-34-27-23(37)14-19(30)25(26(27)31)29(39)36-20-6-4-3-5-9-32-21-12-17(13-24(38)41-11-10-40-2)7-8-18(21)22-15-33-28(20)35-22/h7-8,12,14-16,20,32H,3-6,9-11,13H2,1-2H3,(H,33,35)(H,36,39)/t20-/m0/s1. The average Bonchev–Trinajstić information content (AvgIpc) is 3.57. The van der Waals surface area contributed by atoms with E-state index in [-0.39, 0.29) is 30.0 Å². The normalized spacial score (nSPS) is 15.4. The minimum atomic E-state index is -0.996. The number of rotatable bonds is 7. The summed E-state index contributed by atoms with van der Waals surface area (Å²) in [5.41, 5.74) is 2.69. The monoisotopic (exact) mass is 566 g/mol. The quantitative estimate of drug-likeness (QED) is 0.223. The minimum Gasteiger partial charge on any atom is -0.463 e. The van der Waals surface area contributed by atoms with Crippen LogP contribution in [0.15, 0.2) is 36.8 Å². The number of hydrogen-bond donors (Lipinski definition) is 3. The summed E-state index contributed by atoms with van der Waals surface area (Å²) in [7, 11) is 3.17. The maximum Gasteiger partial charge on any atom is 0.310 e. The Morgan fingerprint density at radius 2 is 2.00 bits per heavy atom. The highest BCUT2D eigenvalue weighted by molar-refractivity contribution is 5.98. The maximum atomic E-state index is 15.2. The molecule has 1 atom stereocenters. The van der Waals surface area contributed by atoms with Crippen LogP contribution in [-0.4, -0.2) is 58.3 Å². The van der Waals surface area contributed by atoms with Crippen LogP contribution < -0.4 is 10.6 Å². The summed E-state index contributed by atoms with van der Waals surface area (Å²) in [6.45, 7) is 1.24. The largest absolute Gasteiger partial charge is 0.463 e. The highest BCUT2D eigenvalue weighted by atomic mass is 19.1. The van der Waals surface area contributed by atoms with E-state index < -0.39 is 29.1 Å². The number of methoxy groups -OCH3 is 1. The molecule has 2 bridgehead atoms. The molecule has 1 aliphatic rings. The van der Waals surface area contributed by atoms with Gasteiger partial charge in [-0.15, -0.1) is 0 Å². The van der Waals surface area contributed by atoms with Gasteiger partial charge in [-0.05, 0) is 24.5 Å². The van der Waals surface area contributed by atoms with Crippen molar-refractivity contribution in [2.45, 2.75) is 38.1 Å². The molecule has 3 N–H and O–H groups in total. The molecule has 2 aromatic heterocycles. The van der Waals surface area contributed by atoms with E-state index in [1.807, 2.05) is 18.2 Å². The number of esters is 1. The third-order valence-electron chi connectivity index (χ3n) is 7.13. The minimum absolute atomic E-state index is 0.0651. The second kappa shape index (κ2) is 12.5. The van der Waals surface area contributed by atoms with Crippen LogP contribution in [0.3, 0.4) is 0 Å². The van der Waals surface area contributed by atoms with Crippen LogP contribution in [-0.2, 0) is 27.7 Å². The van der Waals surface area contributed by atoms with E-state index in [0.29, 0.717) is 31.1 Å². The summed E-state index contributed by atoms with van der Waals surface area (Å²) in [5.74, 6) is -2.68. The van der Waals surface area contributed by atoms with Crippen LogP contribution in [0.25, 0.3) is 22.3 Å². The molecular weight excluding hydrogens is 534 g/mol. The summed E-state index contributed by atoms with van der Waals surface area (Å²) in [5, 5.41) is 6.25. The van der Waals surface area contributed by atoms with Crippen molar-refractivity contribution in [2.24, 2.45) is 7.05 Å². The van der Waals surface area contributed by atoms with Gasteiger partial charge < -0.3 is 29.7 Å². The molecule has 0 spiro atoms. The number of hydrogen-bond acceptors (Lipinski definition) is 7. The number of aromatic nitrogens is 4. The zero-order valence-corrected chi connectivity index (χ0v) is 22.9. The molecule has 3 heterocycles. The van der Waals surface area contributed by atoms with E-state index in [4.69, 9.17) is 9.47 Å². The Labute approximate surface area is 235 Å². The molecule has 4 aromatic rings. The average molecular weight is 567 g/mol. The number of nitrogens with zero attached hydrogens (tertiary/aromatic N) is 3. The Morgan fingerprint density at radius 1 is 1.15 bits per heavy atom. The number of aryl methyl sites for hydroxylation is 1. The fourth-order valence-electron chi connectivity index (χ4n) is 4.97. The highest BCUT2D eigenvalue weighted by Gasteiger charge is 2.26. The van der Waals surface area contributed by atoms with E-state index in [2.05, 4.69) is 25.6 Å². The van der Waals surface area contributed by atoms with E-state index in [0.717, 1.165) is 42.1 Å². The van der Waals surface area contributed by atoms with Crippen molar-refractivity contribution in [1.82, 2.24) is 24.8 Å². The number of aromatic amines is 1. The number of amides is 1. The molecule has 41 heavy (non-hydrogen) atoms. The molecule has 1 amide bonds. The van der Waals surface area contributed by atoms with Crippen LogP contribution in [0.4, 0.5) is 14.5 Å². The molecular formula is C29H32F2N6O4. The van der Waals surface area contributed by atoms with E-state index in [9.17, 15) is 14.0 Å². The van der Waals surface area contributed by atoms with Crippen LogP contribution in [0.1, 0.15) is 53.5 Å². The smallest absolute Gasteiger partial charge is 0.310 e. The third-order valence-corrected chi connectivity index (χ3v) is 7.13. The topological polar surface area (TPSA) is 123 Å². The zero-order valence-electron chi connectivity index (χ0n) is 22.9. The molecule has 0 saturated carbocycles. The maximum absolute atomic E-state index is 15.2. The van der Waals surface area contributed by atoms with Gasteiger partial charge in [0.1, 0.15) is 29.3 Å². The molecule has 0 unspecified atom stereocenters. The van der Waals surface area contributed by atoms with Gasteiger partial charge in [-0.2, -0.15) is 0 Å². The van der Waals surface area contributed by atoms with E-state index >= 15 is 4.39 Å². The number of nitrogens with one attached hydrogen (secondary N) is 3. The lowest BCUT2D eigenvalue weighted by Gasteiger charge is -2.19. The molecule has 0 radical (unpaired) electrons. The lowest BCUT2D eigenvalue weighted by molar-refractivity contribution is -0.144. The summed E-state index contributed by atoms with van der Waals surface area (Å²) >= 11 is 0. The van der Waals surface area contributed by atoms with Crippen molar-refractivity contribution < 1.29 is 27.8 Å². The predicted octanol–water partition coefficient (Wildman–Crippen LogP) is 4.43. The Bertz CT molecular complexity index is 1570. The molecule has 0 saturated heterocycles. The number of carbonyl (C=O) groups is 2. The second-order valence-electron chi connectivity index (χ2n) is 10.0. The third kappa shape index (κ3) is 6.22. The number of ether oxygens (including phenoxy) is 2. The molecule has 5 rings (SSSR count). The first-order valence-corrected chi connectivity index (χ1v) is 13.5. The highest BCUT2D eigenvalue weighted by Crippen LogP contribution is 2.31. The van der Waals surface area contributed by atoms with Crippen LogP contribution in [0.5, 0.6) is 0 Å². The predicted molar refractivity (Wildman–Crippen MR) is 148 cm³/mol. The second-order valence-corrected chi connectivity index (χ2v) is 10.0. The lowest BCUT2D eigenvalue weighted by atomic mass is 10.0. The Balaban J connectivity index is 1.39. The summed E-state index contributed by atoms with van der Waals surface area (Å²) in [6.07, 6.45) is 6.16. The SMILES string of the molecule is COCCOC(=O)Cc1ccc2c(c1)NCCCCC[C@H](NC(=O)c1c(F)cc3c(ncn3C)c1F)c1ncc-2[nH]1. The fourth-order valence-corrected chi connectivity index (χ4v) is 4.97. The first-order valence-electron chi connectivity index (χ1n) is 13.5. The van der Waals surface area contributed by atoms with Gasteiger partial charge >= 0.3 is 5.97 Å². The molecule has 12 heteroatoms. The van der Waals surface area contributed by atoms with Crippen molar-refractivity contribution in [2.75, 3.05) is 32.2 Å². The first kappa shape index (κ1) is 28.2. The molecule has 0 aliphatic carbocycles. The van der Waals surface area contributed by atoms with Gasteiger partial charge in [0, 0.05) is 38.0 Å². The van der Waals surface area contributed by atoms with Crippen LogP contribution in [0.2, 0.25) is 0 Å². The van der Waals surface area contributed by atoms with Gasteiger partial charge in [0.15, 0.2) is 5.82 Å². The van der Waals surface area contributed by atoms with Gasteiger partial charge in [0.2, 0.25) is 0 Å². The Kier molecular flexibility index (Phi) is 8.58. The summed E-state index contributed by atoms with van der Waals surface area (Å²) in [6, 6.07) is 6.18. The number of fused-ring (bicyclic) bond motifs is 5. The first-order chi connectivity index (χ1) is 19.9. The number of H-pyrrole nitrogens is 1. The van der Waals surface area contributed by atoms with Gasteiger partial charge in [0.05, 0.1) is 42.8 Å². The van der Waals surface area contributed by atoms with Crippen LogP contribution >= 0.6 is 0 Å². The zero-order chi connectivity index (χ0) is 28.9. The number of carbonyl (C=O) groups excluding carboxylic acids is 2. The molecule has 10 nitrogen and oxygen atoms in total. The van der Waals surface area contributed by atoms with Crippen molar-refractivity contribution >= 4 is 28.6 Å². The molecule has 1 aliphatic heterocycles. The lowest BCUT2D eigenvalue weighted by Crippen LogP contribution is -2.31. The number of imidazole rings is 2. The van der Waals surface area contributed by atoms with E-state index in [1.165, 1.54) is 10.9 Å². The van der Waals surface area contributed by atoms with Gasteiger partial charge in [-0.1, -0.05) is 25.0 Å². The molecule has 216 valence electrons. The summed E-state index contributed by atoms with van der Waals surface area (Å²) in [4.78, 5) is 37.1. The van der Waals surface area contributed by atoms with Crippen LogP contribution in [0, 0.1) is 11.6 Å². The Morgan fingerprint density at radius 3 is 2.83 bits per heavy atom. The number of anilines is 1. The number of halogens is 2. The van der Waals surface area contributed by atoms with Crippen molar-refractivity contribution in [3.63, 3.8) is 0 Å². The fraction of sp³-hybridized carbons (Fsp3) is 0.379. The van der Waals surface area contributed by atoms with Crippen molar-refractivity contribution in [3.05, 3.63) is 65.4 Å². The van der Waals surface area contributed by atoms with Crippen molar-refractivity contribution in [3.8, 4) is 11.3 Å². The van der Waals surface area contributed by atoms with Crippen molar-refractivity contribution in [1.29, 1.82) is 0 Å². The number of benzene rings is 2.